The number of anilines is 2. The van der Waals surface area contributed by atoms with Crippen molar-refractivity contribution in [2.75, 3.05) is 10.6 Å². The molecule has 0 bridgehead atoms. The Kier molecular flexibility index (Phi) is 5.88. The summed E-state index contributed by atoms with van der Waals surface area (Å²) in [4.78, 5) is 28.3. The van der Waals surface area contributed by atoms with Crippen LogP contribution in [0, 0.1) is 0 Å². The maximum absolute atomic E-state index is 12.0. The highest BCUT2D eigenvalue weighted by Crippen LogP contribution is 2.19. The van der Waals surface area contributed by atoms with Gasteiger partial charge in [-0.1, -0.05) is 24.4 Å². The van der Waals surface area contributed by atoms with Gasteiger partial charge in [0.15, 0.2) is 5.13 Å². The van der Waals surface area contributed by atoms with Gasteiger partial charge in [-0.25, -0.2) is 9.78 Å². The van der Waals surface area contributed by atoms with Crippen molar-refractivity contribution in [1.29, 1.82) is 0 Å². The number of nitrogens with one attached hydrogen (secondary N) is 3. The zero-order valence-corrected chi connectivity index (χ0v) is 15.1. The fourth-order valence-electron chi connectivity index (χ4n) is 2.74. The van der Waals surface area contributed by atoms with Crippen molar-refractivity contribution >= 4 is 45.7 Å². The van der Waals surface area contributed by atoms with Crippen molar-refractivity contribution in [2.24, 2.45) is 0 Å². The van der Waals surface area contributed by atoms with E-state index >= 15 is 0 Å². The van der Waals surface area contributed by atoms with Crippen LogP contribution >= 0.6 is 22.9 Å². The third-order valence-electron chi connectivity index (χ3n) is 3.93. The van der Waals surface area contributed by atoms with E-state index in [-0.39, 0.29) is 24.4 Å². The van der Waals surface area contributed by atoms with Crippen molar-refractivity contribution in [3.05, 3.63) is 40.4 Å². The minimum absolute atomic E-state index is 0.144. The molecule has 1 heterocycles. The molecule has 2 aromatic rings. The van der Waals surface area contributed by atoms with Crippen LogP contribution in [-0.2, 0) is 11.2 Å². The zero-order valence-electron chi connectivity index (χ0n) is 13.5. The summed E-state index contributed by atoms with van der Waals surface area (Å²) >= 11 is 7.12. The topological polar surface area (TPSA) is 83.1 Å². The van der Waals surface area contributed by atoms with Gasteiger partial charge in [-0.05, 0) is 37.1 Å². The normalized spacial score (nSPS) is 14.3. The van der Waals surface area contributed by atoms with Gasteiger partial charge in [0.05, 0.1) is 12.1 Å². The Balaban J connectivity index is 1.48. The van der Waals surface area contributed by atoms with E-state index in [9.17, 15) is 9.59 Å². The van der Waals surface area contributed by atoms with E-state index in [4.69, 9.17) is 11.6 Å². The Morgan fingerprint density at radius 3 is 2.60 bits per heavy atom. The predicted molar refractivity (Wildman–Crippen MR) is 100 cm³/mol. The lowest BCUT2D eigenvalue weighted by atomic mass is 10.3. The molecule has 8 heteroatoms. The van der Waals surface area contributed by atoms with Gasteiger partial charge in [-0.3, -0.25) is 10.1 Å². The van der Waals surface area contributed by atoms with E-state index in [0.29, 0.717) is 21.5 Å². The first-order valence-electron chi connectivity index (χ1n) is 8.16. The number of aromatic nitrogens is 1. The molecule has 3 rings (SSSR count). The van der Waals surface area contributed by atoms with Gasteiger partial charge in [0, 0.05) is 22.1 Å². The van der Waals surface area contributed by atoms with Crippen LogP contribution < -0.4 is 16.0 Å². The van der Waals surface area contributed by atoms with Gasteiger partial charge in [-0.15, -0.1) is 11.3 Å². The highest BCUT2D eigenvalue weighted by molar-refractivity contribution is 7.13. The van der Waals surface area contributed by atoms with Crippen molar-refractivity contribution in [1.82, 2.24) is 10.3 Å². The molecule has 0 aliphatic heterocycles. The van der Waals surface area contributed by atoms with Crippen LogP contribution in [0.15, 0.2) is 29.6 Å². The number of carbonyl (C=O) groups excluding carboxylic acids is 2. The Morgan fingerprint density at radius 2 is 1.88 bits per heavy atom. The summed E-state index contributed by atoms with van der Waals surface area (Å²) in [6.45, 7) is 0. The van der Waals surface area contributed by atoms with Gasteiger partial charge in [0.1, 0.15) is 0 Å². The van der Waals surface area contributed by atoms with Crippen LogP contribution in [0.2, 0.25) is 5.02 Å². The Morgan fingerprint density at radius 1 is 1.16 bits per heavy atom. The van der Waals surface area contributed by atoms with Crippen molar-refractivity contribution < 1.29 is 9.59 Å². The highest BCUT2D eigenvalue weighted by Gasteiger charge is 2.17. The number of halogens is 1. The summed E-state index contributed by atoms with van der Waals surface area (Å²) in [6.07, 6.45) is 4.53. The van der Waals surface area contributed by atoms with Crippen LogP contribution in [0.5, 0.6) is 0 Å². The predicted octanol–water partition coefficient (Wildman–Crippen LogP) is 4.04. The van der Waals surface area contributed by atoms with E-state index in [1.807, 2.05) is 0 Å². The zero-order chi connectivity index (χ0) is 17.6. The summed E-state index contributed by atoms with van der Waals surface area (Å²) in [6, 6.07) is 6.92. The number of carbonyl (C=O) groups is 2. The van der Waals surface area contributed by atoms with Gasteiger partial charge < -0.3 is 10.6 Å². The number of thiazole rings is 1. The molecule has 0 spiro atoms. The molecule has 6 nitrogen and oxygen atoms in total. The second-order valence-electron chi connectivity index (χ2n) is 5.96. The molecule has 1 aliphatic carbocycles. The molecular weight excluding hydrogens is 360 g/mol. The molecule has 132 valence electrons. The average Bonchev–Trinajstić information content (AvgIpc) is 3.22. The van der Waals surface area contributed by atoms with Crippen molar-refractivity contribution in [2.45, 2.75) is 38.1 Å². The SMILES string of the molecule is O=C(Cc1csc(NC(=O)NC2CCCC2)n1)Nc1ccc(Cl)cc1. The quantitative estimate of drug-likeness (QED) is 0.734. The number of urea groups is 1. The summed E-state index contributed by atoms with van der Waals surface area (Å²) in [5.41, 5.74) is 1.30. The molecule has 0 atom stereocenters. The van der Waals surface area contributed by atoms with E-state index < -0.39 is 0 Å². The number of benzene rings is 1. The van der Waals surface area contributed by atoms with Gasteiger partial charge >= 0.3 is 6.03 Å². The van der Waals surface area contributed by atoms with E-state index in [1.54, 1.807) is 29.6 Å². The molecular formula is C17H19ClN4O2S. The summed E-state index contributed by atoms with van der Waals surface area (Å²) in [5.74, 6) is -0.172. The second-order valence-corrected chi connectivity index (χ2v) is 7.25. The van der Waals surface area contributed by atoms with E-state index in [2.05, 4.69) is 20.9 Å². The third kappa shape index (κ3) is 5.44. The lowest BCUT2D eigenvalue weighted by molar-refractivity contribution is -0.115. The largest absolute Gasteiger partial charge is 0.335 e. The molecule has 1 aliphatic rings. The molecule has 0 saturated heterocycles. The van der Waals surface area contributed by atoms with Crippen LogP contribution in [0.25, 0.3) is 0 Å². The summed E-state index contributed by atoms with van der Waals surface area (Å²) in [5, 5.41) is 11.3. The molecule has 1 aromatic heterocycles. The molecule has 1 aromatic carbocycles. The minimum atomic E-state index is -0.238. The molecule has 0 radical (unpaired) electrons. The summed E-state index contributed by atoms with van der Waals surface area (Å²) in [7, 11) is 0. The monoisotopic (exact) mass is 378 g/mol. The molecule has 25 heavy (non-hydrogen) atoms. The molecule has 3 amide bonds. The fourth-order valence-corrected chi connectivity index (χ4v) is 3.57. The first-order valence-corrected chi connectivity index (χ1v) is 9.41. The van der Waals surface area contributed by atoms with Gasteiger partial charge in [-0.2, -0.15) is 0 Å². The van der Waals surface area contributed by atoms with Crippen LogP contribution in [0.4, 0.5) is 15.6 Å². The first kappa shape index (κ1) is 17.7. The fraction of sp³-hybridized carbons (Fsp3) is 0.353. The lowest BCUT2D eigenvalue weighted by Crippen LogP contribution is -2.36. The van der Waals surface area contributed by atoms with Crippen molar-refractivity contribution in [3.63, 3.8) is 0 Å². The standard InChI is InChI=1S/C17H19ClN4O2S/c18-11-5-7-13(8-6-11)19-15(23)9-14-10-25-17(21-14)22-16(24)20-12-3-1-2-4-12/h5-8,10,12H,1-4,9H2,(H,19,23)(H2,20,21,22,24). The smallest absolute Gasteiger partial charge is 0.321 e. The van der Waals surface area contributed by atoms with Gasteiger partial charge in [0.2, 0.25) is 5.91 Å². The van der Waals surface area contributed by atoms with Crippen LogP contribution in [0.1, 0.15) is 31.4 Å². The minimum Gasteiger partial charge on any atom is -0.335 e. The number of amides is 3. The molecule has 0 unspecified atom stereocenters. The molecule has 3 N–H and O–H groups in total. The number of rotatable bonds is 5. The van der Waals surface area contributed by atoms with Crippen molar-refractivity contribution in [3.8, 4) is 0 Å². The maximum atomic E-state index is 12.0. The van der Waals surface area contributed by atoms with Gasteiger partial charge in [0.25, 0.3) is 0 Å². The molecule has 1 saturated carbocycles. The second kappa shape index (κ2) is 8.31. The number of hydrogen-bond donors (Lipinski definition) is 3. The highest BCUT2D eigenvalue weighted by atomic mass is 35.5. The average molecular weight is 379 g/mol. The van der Waals surface area contributed by atoms with E-state index in [0.717, 1.165) is 25.7 Å². The maximum Gasteiger partial charge on any atom is 0.321 e. The van der Waals surface area contributed by atoms with E-state index in [1.165, 1.54) is 11.3 Å². The molecule has 1 fully saturated rings. The number of nitrogens with zero attached hydrogens (tertiary/aromatic N) is 1. The summed E-state index contributed by atoms with van der Waals surface area (Å²) < 4.78 is 0. The Labute approximate surface area is 155 Å². The first-order chi connectivity index (χ1) is 12.1. The third-order valence-corrected chi connectivity index (χ3v) is 4.99. The van der Waals surface area contributed by atoms with Crippen LogP contribution in [0.3, 0.4) is 0 Å². The Bertz CT molecular complexity index is 741. The lowest BCUT2D eigenvalue weighted by Gasteiger charge is -2.11. The Hall–Kier alpha value is -2.12. The number of hydrogen-bond acceptors (Lipinski definition) is 4. The van der Waals surface area contributed by atoms with Crippen LogP contribution in [-0.4, -0.2) is 23.0 Å².